The fraction of sp³-hybridized carbons (Fsp3) is 0.179. The summed E-state index contributed by atoms with van der Waals surface area (Å²) in [7, 11) is 4.52. The second-order valence-corrected chi connectivity index (χ2v) is 8.15. The maximum absolute atomic E-state index is 13.1. The molecule has 0 fully saturated rings. The Bertz CT molecular complexity index is 1390. The summed E-state index contributed by atoms with van der Waals surface area (Å²) in [5, 5.41) is 0.685. The molecule has 0 aliphatic rings. The lowest BCUT2D eigenvalue weighted by atomic mass is 10.0. The van der Waals surface area contributed by atoms with E-state index in [1.165, 1.54) is 21.3 Å². The molecular weight excluding hydrogens is 458 g/mol. The van der Waals surface area contributed by atoms with Crippen LogP contribution in [0.4, 0.5) is 0 Å². The Morgan fingerprint density at radius 3 is 2.14 bits per heavy atom. The molecule has 8 nitrogen and oxygen atoms in total. The molecule has 4 aromatic rings. The monoisotopic (exact) mass is 485 g/mol. The normalized spacial score (nSPS) is 10.6. The van der Waals surface area contributed by atoms with Crippen LogP contribution in [0.15, 0.2) is 66.7 Å². The molecule has 0 aliphatic carbocycles. The van der Waals surface area contributed by atoms with Crippen molar-refractivity contribution in [3.8, 4) is 28.5 Å². The number of rotatable bonds is 7. The van der Waals surface area contributed by atoms with E-state index in [0.717, 1.165) is 11.1 Å². The second-order valence-electron chi connectivity index (χ2n) is 8.15. The molecule has 0 aliphatic heterocycles. The summed E-state index contributed by atoms with van der Waals surface area (Å²) in [5.41, 5.74) is 9.44. The van der Waals surface area contributed by atoms with Crippen LogP contribution in [0.1, 0.15) is 21.5 Å². The average Bonchev–Trinajstić information content (AvgIpc) is 2.90. The summed E-state index contributed by atoms with van der Waals surface area (Å²) < 4.78 is 16.0. The molecule has 1 heterocycles. The Labute approximate surface area is 209 Å². The summed E-state index contributed by atoms with van der Waals surface area (Å²) in [5.74, 6) is 0.465. The smallest absolute Gasteiger partial charge is 0.270 e. The highest BCUT2D eigenvalue weighted by atomic mass is 16.5. The number of para-hydroxylation sites is 1. The van der Waals surface area contributed by atoms with Crippen molar-refractivity contribution in [1.29, 1.82) is 0 Å². The summed E-state index contributed by atoms with van der Waals surface area (Å²) in [6.45, 7) is 2.01. The predicted octanol–water partition coefficient (Wildman–Crippen LogP) is 4.24. The number of ether oxygens (including phenoxy) is 3. The van der Waals surface area contributed by atoms with Gasteiger partial charge in [0.1, 0.15) is 0 Å². The highest BCUT2D eigenvalue weighted by Crippen LogP contribution is 2.38. The van der Waals surface area contributed by atoms with Crippen molar-refractivity contribution < 1.29 is 23.8 Å². The molecule has 0 spiro atoms. The van der Waals surface area contributed by atoms with E-state index in [4.69, 9.17) is 19.2 Å². The van der Waals surface area contributed by atoms with E-state index in [2.05, 4.69) is 10.9 Å². The van der Waals surface area contributed by atoms with Gasteiger partial charge in [0.2, 0.25) is 11.7 Å². The Morgan fingerprint density at radius 2 is 1.50 bits per heavy atom. The van der Waals surface area contributed by atoms with Gasteiger partial charge >= 0.3 is 0 Å². The van der Waals surface area contributed by atoms with Crippen molar-refractivity contribution in [3.63, 3.8) is 0 Å². The fourth-order valence-corrected chi connectivity index (χ4v) is 3.90. The summed E-state index contributed by atoms with van der Waals surface area (Å²) in [6.07, 6.45) is -0.0112. The van der Waals surface area contributed by atoms with E-state index in [1.54, 1.807) is 18.2 Å². The molecule has 0 radical (unpaired) electrons. The van der Waals surface area contributed by atoms with Crippen LogP contribution < -0.4 is 25.1 Å². The van der Waals surface area contributed by atoms with Gasteiger partial charge < -0.3 is 14.2 Å². The number of aromatic nitrogens is 1. The van der Waals surface area contributed by atoms with Crippen LogP contribution in [-0.2, 0) is 11.2 Å². The van der Waals surface area contributed by atoms with Gasteiger partial charge in [-0.1, -0.05) is 48.0 Å². The zero-order valence-electron chi connectivity index (χ0n) is 20.5. The average molecular weight is 486 g/mol. The molecule has 0 unspecified atom stereocenters. The molecule has 0 saturated carbocycles. The molecule has 36 heavy (non-hydrogen) atoms. The van der Waals surface area contributed by atoms with Gasteiger partial charge in [0.05, 0.1) is 44.5 Å². The Hall–Kier alpha value is -4.59. The van der Waals surface area contributed by atoms with Crippen molar-refractivity contribution in [3.05, 3.63) is 83.4 Å². The standard InChI is InChI=1S/C28H27N3O5/c1-17-9-11-19(12-10-17)23-16-21(20-7-5-6-8-22(20)29-23)28(33)31-30-26(32)15-18-13-24(34-2)27(36-4)25(14-18)35-3/h5-14,16H,15H2,1-4H3,(H,30,32)(H,31,33). The van der Waals surface area contributed by atoms with E-state index in [1.807, 2.05) is 55.5 Å². The Kier molecular flexibility index (Phi) is 7.34. The second kappa shape index (κ2) is 10.8. The molecule has 0 atom stereocenters. The number of amides is 2. The number of methoxy groups -OCH3 is 3. The van der Waals surface area contributed by atoms with Crippen LogP contribution in [0.25, 0.3) is 22.2 Å². The first-order valence-corrected chi connectivity index (χ1v) is 11.3. The van der Waals surface area contributed by atoms with Crippen molar-refractivity contribution >= 4 is 22.7 Å². The quantitative estimate of drug-likeness (QED) is 0.380. The number of pyridine rings is 1. The summed E-state index contributed by atoms with van der Waals surface area (Å²) in [6, 6.07) is 20.4. The molecular formula is C28H27N3O5. The third-order valence-electron chi connectivity index (χ3n) is 5.71. The first-order valence-electron chi connectivity index (χ1n) is 11.3. The zero-order chi connectivity index (χ0) is 25.7. The number of carbonyl (C=O) groups is 2. The zero-order valence-corrected chi connectivity index (χ0v) is 20.5. The molecule has 184 valence electrons. The van der Waals surface area contributed by atoms with Crippen LogP contribution in [0.2, 0.25) is 0 Å². The topological polar surface area (TPSA) is 98.8 Å². The predicted molar refractivity (Wildman–Crippen MR) is 137 cm³/mol. The van der Waals surface area contributed by atoms with Gasteiger partial charge in [0, 0.05) is 10.9 Å². The van der Waals surface area contributed by atoms with Gasteiger partial charge in [-0.05, 0) is 36.8 Å². The van der Waals surface area contributed by atoms with Gasteiger partial charge in [-0.3, -0.25) is 20.4 Å². The van der Waals surface area contributed by atoms with Crippen molar-refractivity contribution in [2.75, 3.05) is 21.3 Å². The van der Waals surface area contributed by atoms with Gasteiger partial charge in [-0.2, -0.15) is 0 Å². The lowest BCUT2D eigenvalue weighted by Gasteiger charge is -2.14. The number of hydrogen-bond donors (Lipinski definition) is 2. The number of carbonyl (C=O) groups excluding carboxylic acids is 2. The number of fused-ring (bicyclic) bond motifs is 1. The molecule has 3 aromatic carbocycles. The van der Waals surface area contributed by atoms with Gasteiger partial charge in [-0.15, -0.1) is 0 Å². The largest absolute Gasteiger partial charge is 0.493 e. The van der Waals surface area contributed by atoms with Gasteiger partial charge in [-0.25, -0.2) is 4.98 Å². The van der Waals surface area contributed by atoms with E-state index < -0.39 is 11.8 Å². The third kappa shape index (κ3) is 5.22. The van der Waals surface area contributed by atoms with Crippen LogP contribution in [0, 0.1) is 6.92 Å². The Morgan fingerprint density at radius 1 is 0.833 bits per heavy atom. The SMILES string of the molecule is COc1cc(CC(=O)NNC(=O)c2cc(-c3ccc(C)cc3)nc3ccccc23)cc(OC)c1OC. The molecule has 1 aromatic heterocycles. The van der Waals surface area contributed by atoms with Gasteiger partial charge in [0.25, 0.3) is 5.91 Å². The highest BCUT2D eigenvalue weighted by Gasteiger charge is 2.17. The molecule has 0 bridgehead atoms. The first-order chi connectivity index (χ1) is 17.4. The number of aryl methyl sites for hydroxylation is 1. The van der Waals surface area contributed by atoms with Crippen LogP contribution >= 0.6 is 0 Å². The van der Waals surface area contributed by atoms with E-state index in [0.29, 0.717) is 45.0 Å². The van der Waals surface area contributed by atoms with E-state index in [9.17, 15) is 9.59 Å². The number of nitrogens with zero attached hydrogens (tertiary/aromatic N) is 1. The maximum Gasteiger partial charge on any atom is 0.270 e. The summed E-state index contributed by atoms with van der Waals surface area (Å²) >= 11 is 0. The minimum atomic E-state index is -0.444. The van der Waals surface area contributed by atoms with Crippen molar-refractivity contribution in [2.24, 2.45) is 0 Å². The minimum Gasteiger partial charge on any atom is -0.493 e. The Balaban J connectivity index is 1.54. The number of hydrogen-bond acceptors (Lipinski definition) is 6. The van der Waals surface area contributed by atoms with Crippen molar-refractivity contribution in [2.45, 2.75) is 13.3 Å². The number of hydrazine groups is 1. The fourth-order valence-electron chi connectivity index (χ4n) is 3.90. The van der Waals surface area contributed by atoms with Crippen LogP contribution in [0.5, 0.6) is 17.2 Å². The molecule has 8 heteroatoms. The molecule has 2 N–H and O–H groups in total. The van der Waals surface area contributed by atoms with Gasteiger partial charge in [0.15, 0.2) is 11.5 Å². The van der Waals surface area contributed by atoms with Crippen LogP contribution in [0.3, 0.4) is 0 Å². The maximum atomic E-state index is 13.1. The first kappa shape index (κ1) is 24.5. The highest BCUT2D eigenvalue weighted by molar-refractivity contribution is 6.07. The van der Waals surface area contributed by atoms with Crippen LogP contribution in [-0.4, -0.2) is 38.1 Å². The lowest BCUT2D eigenvalue weighted by Crippen LogP contribution is -2.42. The molecule has 0 saturated heterocycles. The molecule has 4 rings (SSSR count). The van der Waals surface area contributed by atoms with E-state index >= 15 is 0 Å². The van der Waals surface area contributed by atoms with E-state index in [-0.39, 0.29) is 6.42 Å². The van der Waals surface area contributed by atoms with Crippen molar-refractivity contribution in [1.82, 2.24) is 15.8 Å². The minimum absolute atomic E-state index is 0.0112. The summed E-state index contributed by atoms with van der Waals surface area (Å²) in [4.78, 5) is 30.5. The number of nitrogens with one attached hydrogen (secondary N) is 2. The number of benzene rings is 3. The lowest BCUT2D eigenvalue weighted by molar-refractivity contribution is -0.121. The molecule has 2 amide bonds. The third-order valence-corrected chi connectivity index (χ3v) is 5.71.